The van der Waals surface area contributed by atoms with Crippen LogP contribution in [0.4, 0.5) is 0 Å². The fourth-order valence-corrected chi connectivity index (χ4v) is 10.6. The highest BCUT2D eigenvalue weighted by molar-refractivity contribution is 6.09. The van der Waals surface area contributed by atoms with Crippen LogP contribution in [0.3, 0.4) is 0 Å². The van der Waals surface area contributed by atoms with Crippen molar-refractivity contribution in [3.05, 3.63) is 216 Å². The van der Waals surface area contributed by atoms with Crippen LogP contribution < -0.4 is 4.74 Å². The minimum absolute atomic E-state index is 0.416. The van der Waals surface area contributed by atoms with Crippen molar-refractivity contribution in [3.63, 3.8) is 0 Å². The number of hydrogen-bond donors (Lipinski definition) is 0. The van der Waals surface area contributed by atoms with Crippen molar-refractivity contribution >= 4 is 32.3 Å². The first-order valence-corrected chi connectivity index (χ1v) is 19.5. The minimum Gasteiger partial charge on any atom is -0.456 e. The third-order valence-electron chi connectivity index (χ3n) is 12.9. The number of hydrogen-bond acceptors (Lipinski definition) is 1. The van der Waals surface area contributed by atoms with Gasteiger partial charge in [-0.1, -0.05) is 170 Å². The molecule has 56 heavy (non-hydrogen) atoms. The van der Waals surface area contributed by atoms with E-state index < -0.39 is 5.41 Å². The first kappa shape index (κ1) is 30.1. The topological polar surface area (TPSA) is 9.23 Å². The second-order valence-electron chi connectivity index (χ2n) is 15.5. The number of rotatable bonds is 2. The molecule has 0 amide bonds. The Labute approximate surface area is 324 Å². The second kappa shape index (κ2) is 10.9. The molecule has 10 aromatic rings. The summed E-state index contributed by atoms with van der Waals surface area (Å²) in [6, 6.07) is 72.1. The van der Waals surface area contributed by atoms with Crippen LogP contribution in [0, 0.1) is 0 Å². The average Bonchev–Trinajstić information content (AvgIpc) is 3.73. The molecular formula is C55H32O. The maximum Gasteiger partial charge on any atom is 0.135 e. The van der Waals surface area contributed by atoms with Crippen molar-refractivity contribution in [3.8, 4) is 67.1 Å². The van der Waals surface area contributed by atoms with Crippen LogP contribution in [0.25, 0.3) is 88.0 Å². The van der Waals surface area contributed by atoms with Crippen molar-refractivity contribution in [2.45, 2.75) is 5.41 Å². The van der Waals surface area contributed by atoms with Crippen molar-refractivity contribution in [2.75, 3.05) is 0 Å². The van der Waals surface area contributed by atoms with Gasteiger partial charge in [0.05, 0.1) is 5.41 Å². The van der Waals surface area contributed by atoms with Gasteiger partial charge in [0.15, 0.2) is 0 Å². The maximum atomic E-state index is 6.47. The molecule has 10 aromatic carbocycles. The lowest BCUT2D eigenvalue weighted by molar-refractivity contribution is 0.487. The van der Waals surface area contributed by atoms with Gasteiger partial charge in [-0.25, -0.2) is 0 Å². The molecule has 0 aromatic heterocycles. The van der Waals surface area contributed by atoms with Gasteiger partial charge >= 0.3 is 0 Å². The van der Waals surface area contributed by atoms with E-state index in [2.05, 4.69) is 194 Å². The first-order chi connectivity index (χ1) is 27.8. The fourth-order valence-electron chi connectivity index (χ4n) is 10.6. The summed E-state index contributed by atoms with van der Waals surface area (Å²) >= 11 is 0. The second-order valence-corrected chi connectivity index (χ2v) is 15.5. The Balaban J connectivity index is 1.02. The molecule has 0 N–H and O–H groups in total. The largest absolute Gasteiger partial charge is 0.456 e. The molecule has 1 unspecified atom stereocenters. The summed E-state index contributed by atoms with van der Waals surface area (Å²) in [5.74, 6) is 1.82. The van der Waals surface area contributed by atoms with Gasteiger partial charge in [-0.2, -0.15) is 0 Å². The molecule has 13 rings (SSSR count). The summed E-state index contributed by atoms with van der Waals surface area (Å²) < 4.78 is 6.47. The summed E-state index contributed by atoms with van der Waals surface area (Å²) in [5.41, 5.74) is 17.6. The lowest BCUT2D eigenvalue weighted by Gasteiger charge is -2.31. The summed E-state index contributed by atoms with van der Waals surface area (Å²) in [6.45, 7) is 0. The van der Waals surface area contributed by atoms with Gasteiger partial charge in [-0.05, 0) is 124 Å². The molecule has 3 aliphatic rings. The molecular weight excluding hydrogens is 677 g/mol. The van der Waals surface area contributed by atoms with E-state index >= 15 is 0 Å². The molecule has 2 aliphatic carbocycles. The van der Waals surface area contributed by atoms with Gasteiger partial charge in [0, 0.05) is 10.9 Å². The van der Waals surface area contributed by atoms with Crippen molar-refractivity contribution in [1.29, 1.82) is 0 Å². The average molecular weight is 709 g/mol. The summed E-state index contributed by atoms with van der Waals surface area (Å²) in [4.78, 5) is 0. The fraction of sp³-hybridized carbons (Fsp3) is 0.0182. The monoisotopic (exact) mass is 708 g/mol. The zero-order chi connectivity index (χ0) is 36.5. The predicted octanol–water partition coefficient (Wildman–Crippen LogP) is 14.6. The predicted molar refractivity (Wildman–Crippen MR) is 232 cm³/mol. The standard InChI is InChI=1S/C55H32O/c1-2-14-39-33(11-1)24-29-49-54(39)45-18-6-8-21-48(45)55(49)47-20-7-5-17-42(47)43-26-23-36(32-50(43)55)38-28-27-37(40-15-3-4-16-41(38)40)35-25-30-51-46(31-35)44-19-9-12-34-13-10-22-52(56-51)53(34)44/h1-32H. The lowest BCUT2D eigenvalue weighted by Crippen LogP contribution is -2.25. The van der Waals surface area contributed by atoms with Crippen LogP contribution in [0.2, 0.25) is 0 Å². The molecule has 0 fully saturated rings. The van der Waals surface area contributed by atoms with E-state index in [1.807, 2.05) is 0 Å². The SMILES string of the molecule is c1ccc2c(c1)-c1ccc(-c3ccc(-c4ccc5c(c4)-c4cccc6cccc(c46)O5)c4ccccc34)cc1C21c2ccccc2-c2c1ccc1ccccc21. The molecule has 258 valence electrons. The zero-order valence-electron chi connectivity index (χ0n) is 30.4. The van der Waals surface area contributed by atoms with Gasteiger partial charge in [0.25, 0.3) is 0 Å². The van der Waals surface area contributed by atoms with Gasteiger partial charge < -0.3 is 4.74 Å². The molecule has 0 radical (unpaired) electrons. The molecule has 0 bridgehead atoms. The Kier molecular flexibility index (Phi) is 5.89. The van der Waals surface area contributed by atoms with Gasteiger partial charge in [0.2, 0.25) is 0 Å². The molecule has 1 heteroatoms. The van der Waals surface area contributed by atoms with Crippen LogP contribution >= 0.6 is 0 Å². The molecule has 1 aliphatic heterocycles. The molecule has 1 atom stereocenters. The third-order valence-corrected chi connectivity index (χ3v) is 12.9. The molecule has 1 spiro atoms. The Morgan fingerprint density at radius 1 is 0.304 bits per heavy atom. The Bertz CT molecular complexity index is 3340. The van der Waals surface area contributed by atoms with E-state index in [-0.39, 0.29) is 0 Å². The van der Waals surface area contributed by atoms with Crippen LogP contribution in [-0.4, -0.2) is 0 Å². The summed E-state index contributed by atoms with van der Waals surface area (Å²) in [5, 5.41) is 7.45. The molecule has 1 heterocycles. The Morgan fingerprint density at radius 2 is 0.893 bits per heavy atom. The summed E-state index contributed by atoms with van der Waals surface area (Å²) in [7, 11) is 0. The third kappa shape index (κ3) is 3.79. The van der Waals surface area contributed by atoms with Crippen molar-refractivity contribution in [1.82, 2.24) is 0 Å². The molecule has 0 saturated carbocycles. The minimum atomic E-state index is -0.416. The van der Waals surface area contributed by atoms with E-state index in [4.69, 9.17) is 4.74 Å². The van der Waals surface area contributed by atoms with Crippen LogP contribution in [-0.2, 0) is 5.41 Å². The zero-order valence-corrected chi connectivity index (χ0v) is 30.4. The highest BCUT2D eigenvalue weighted by atomic mass is 16.5. The van der Waals surface area contributed by atoms with Gasteiger partial charge in [0.1, 0.15) is 11.5 Å². The molecule has 0 saturated heterocycles. The van der Waals surface area contributed by atoms with E-state index in [0.29, 0.717) is 0 Å². The van der Waals surface area contributed by atoms with Crippen molar-refractivity contribution < 1.29 is 4.74 Å². The van der Waals surface area contributed by atoms with Gasteiger partial charge in [-0.15, -0.1) is 0 Å². The van der Waals surface area contributed by atoms with Crippen LogP contribution in [0.5, 0.6) is 11.5 Å². The quantitative estimate of drug-likeness (QED) is 0.174. The smallest absolute Gasteiger partial charge is 0.135 e. The van der Waals surface area contributed by atoms with Gasteiger partial charge in [-0.3, -0.25) is 0 Å². The maximum absolute atomic E-state index is 6.47. The van der Waals surface area contributed by atoms with E-state index in [1.165, 1.54) is 105 Å². The highest BCUT2D eigenvalue weighted by Gasteiger charge is 2.52. The number of fused-ring (bicyclic) bond motifs is 15. The van der Waals surface area contributed by atoms with Crippen molar-refractivity contribution in [2.24, 2.45) is 0 Å². The Morgan fingerprint density at radius 3 is 1.71 bits per heavy atom. The lowest BCUT2D eigenvalue weighted by atomic mass is 9.70. The summed E-state index contributed by atoms with van der Waals surface area (Å²) in [6.07, 6.45) is 0. The van der Waals surface area contributed by atoms with E-state index in [9.17, 15) is 0 Å². The highest BCUT2D eigenvalue weighted by Crippen LogP contribution is 2.64. The van der Waals surface area contributed by atoms with Crippen LogP contribution in [0.15, 0.2) is 194 Å². The Hall–Kier alpha value is -7.22. The first-order valence-electron chi connectivity index (χ1n) is 19.5. The van der Waals surface area contributed by atoms with E-state index in [1.54, 1.807) is 0 Å². The normalized spacial score (nSPS) is 15.4. The van der Waals surface area contributed by atoms with E-state index in [0.717, 1.165) is 17.1 Å². The number of benzene rings is 10. The molecule has 1 nitrogen and oxygen atoms in total. The number of ether oxygens (including phenoxy) is 1. The van der Waals surface area contributed by atoms with Crippen LogP contribution in [0.1, 0.15) is 22.3 Å².